The Morgan fingerprint density at radius 1 is 1.07 bits per heavy atom. The lowest BCUT2D eigenvalue weighted by Crippen LogP contribution is -2.49. The minimum absolute atomic E-state index is 0.00176. The van der Waals surface area contributed by atoms with Crippen LogP contribution in [-0.2, 0) is 22.6 Å². The normalized spacial score (nSPS) is 11.8. The largest absolute Gasteiger partial charge is 0.497 e. The van der Waals surface area contributed by atoms with Crippen LogP contribution in [0.3, 0.4) is 0 Å². The first kappa shape index (κ1) is 23.0. The molecule has 0 aliphatic rings. The van der Waals surface area contributed by atoms with Crippen LogP contribution in [0.1, 0.15) is 31.9 Å². The van der Waals surface area contributed by atoms with Crippen LogP contribution in [0.5, 0.6) is 5.75 Å². The summed E-state index contributed by atoms with van der Waals surface area (Å²) in [6, 6.07) is 11.8. The molecule has 7 heteroatoms. The van der Waals surface area contributed by atoms with Gasteiger partial charge < -0.3 is 15.0 Å². The predicted octanol–water partition coefficient (Wildman–Crippen LogP) is 4.49. The van der Waals surface area contributed by atoms with Gasteiger partial charge in [0, 0.05) is 22.6 Å². The molecule has 2 aromatic rings. The van der Waals surface area contributed by atoms with E-state index in [2.05, 4.69) is 5.32 Å². The Bertz CT molecular complexity index is 851. The summed E-state index contributed by atoms with van der Waals surface area (Å²) >= 11 is 12.5. The van der Waals surface area contributed by atoms with E-state index in [0.717, 1.165) is 5.56 Å². The van der Waals surface area contributed by atoms with Gasteiger partial charge in [-0.1, -0.05) is 41.4 Å². The highest BCUT2D eigenvalue weighted by Gasteiger charge is 2.27. The van der Waals surface area contributed by atoms with E-state index in [9.17, 15) is 9.59 Å². The molecule has 5 nitrogen and oxygen atoms in total. The van der Waals surface area contributed by atoms with Gasteiger partial charge in [0.05, 0.1) is 13.5 Å². The van der Waals surface area contributed by atoms with Crippen LogP contribution in [0, 0.1) is 0 Å². The molecule has 29 heavy (non-hydrogen) atoms. The number of nitrogens with one attached hydrogen (secondary N) is 1. The van der Waals surface area contributed by atoms with Crippen molar-refractivity contribution >= 4 is 35.0 Å². The van der Waals surface area contributed by atoms with Crippen LogP contribution >= 0.6 is 23.2 Å². The van der Waals surface area contributed by atoms with Crippen LogP contribution < -0.4 is 10.1 Å². The SMILES string of the molecule is COc1cccc(CN(C(=O)Cc2c(Cl)cccc2Cl)[C@H](C)C(=O)NC(C)C)c1. The van der Waals surface area contributed by atoms with Gasteiger partial charge in [0.15, 0.2) is 0 Å². The van der Waals surface area contributed by atoms with E-state index in [1.54, 1.807) is 32.2 Å². The molecule has 0 spiro atoms. The van der Waals surface area contributed by atoms with Crippen molar-refractivity contribution in [1.29, 1.82) is 0 Å². The third kappa shape index (κ3) is 6.38. The highest BCUT2D eigenvalue weighted by atomic mass is 35.5. The lowest BCUT2D eigenvalue weighted by atomic mass is 10.1. The summed E-state index contributed by atoms with van der Waals surface area (Å²) in [5.41, 5.74) is 1.40. The Morgan fingerprint density at radius 3 is 2.28 bits per heavy atom. The lowest BCUT2D eigenvalue weighted by molar-refractivity contribution is -0.140. The Labute approximate surface area is 181 Å². The molecule has 2 aromatic carbocycles. The van der Waals surface area contributed by atoms with Gasteiger partial charge in [-0.2, -0.15) is 0 Å². The fraction of sp³-hybridized carbons (Fsp3) is 0.364. The van der Waals surface area contributed by atoms with E-state index in [-0.39, 0.29) is 30.8 Å². The second kappa shape index (κ2) is 10.5. The second-order valence-corrected chi connectivity index (χ2v) is 7.90. The number of nitrogens with zero attached hydrogens (tertiary/aromatic N) is 1. The monoisotopic (exact) mass is 436 g/mol. The number of ether oxygens (including phenoxy) is 1. The van der Waals surface area contributed by atoms with Gasteiger partial charge in [-0.05, 0) is 56.2 Å². The van der Waals surface area contributed by atoms with E-state index in [4.69, 9.17) is 27.9 Å². The van der Waals surface area contributed by atoms with Crippen molar-refractivity contribution in [2.45, 2.75) is 45.8 Å². The molecular weight excluding hydrogens is 411 g/mol. The number of benzene rings is 2. The minimum atomic E-state index is -0.669. The summed E-state index contributed by atoms with van der Waals surface area (Å²) in [6.45, 7) is 5.72. The maximum absolute atomic E-state index is 13.2. The van der Waals surface area contributed by atoms with Crippen molar-refractivity contribution in [3.8, 4) is 5.75 Å². The number of halogens is 2. The molecule has 0 saturated heterocycles. The fourth-order valence-corrected chi connectivity index (χ4v) is 3.44. The molecule has 0 unspecified atom stereocenters. The molecule has 2 amide bonds. The minimum Gasteiger partial charge on any atom is -0.497 e. The quantitative estimate of drug-likeness (QED) is 0.662. The van der Waals surface area contributed by atoms with E-state index in [1.165, 1.54) is 4.90 Å². The molecule has 2 rings (SSSR count). The Balaban J connectivity index is 2.32. The van der Waals surface area contributed by atoms with Gasteiger partial charge in [-0.25, -0.2) is 0 Å². The van der Waals surface area contributed by atoms with Gasteiger partial charge in [0.25, 0.3) is 0 Å². The van der Waals surface area contributed by atoms with Crippen molar-refractivity contribution in [3.63, 3.8) is 0 Å². The maximum Gasteiger partial charge on any atom is 0.242 e. The number of hydrogen-bond acceptors (Lipinski definition) is 3. The first-order valence-electron chi connectivity index (χ1n) is 9.38. The zero-order chi connectivity index (χ0) is 21.6. The second-order valence-electron chi connectivity index (χ2n) is 7.09. The van der Waals surface area contributed by atoms with Crippen LogP contribution in [0.4, 0.5) is 0 Å². The maximum atomic E-state index is 13.2. The number of hydrogen-bond donors (Lipinski definition) is 1. The summed E-state index contributed by atoms with van der Waals surface area (Å²) in [6.07, 6.45) is 0.00176. The molecule has 0 saturated carbocycles. The highest BCUT2D eigenvalue weighted by molar-refractivity contribution is 6.36. The van der Waals surface area contributed by atoms with E-state index < -0.39 is 6.04 Å². The zero-order valence-corrected chi connectivity index (χ0v) is 18.6. The van der Waals surface area contributed by atoms with E-state index in [0.29, 0.717) is 21.4 Å². The average molecular weight is 437 g/mol. The summed E-state index contributed by atoms with van der Waals surface area (Å²) in [4.78, 5) is 27.4. The number of methoxy groups -OCH3 is 1. The van der Waals surface area contributed by atoms with E-state index in [1.807, 2.05) is 38.1 Å². The van der Waals surface area contributed by atoms with Crippen LogP contribution in [0.25, 0.3) is 0 Å². The van der Waals surface area contributed by atoms with Crippen LogP contribution in [0.2, 0.25) is 10.0 Å². The van der Waals surface area contributed by atoms with Crippen molar-refractivity contribution in [2.75, 3.05) is 7.11 Å². The van der Waals surface area contributed by atoms with Crippen molar-refractivity contribution in [2.24, 2.45) is 0 Å². The molecular formula is C22H26Cl2N2O3. The molecule has 1 N–H and O–H groups in total. The number of carbonyl (C=O) groups excluding carboxylic acids is 2. The van der Waals surface area contributed by atoms with Gasteiger partial charge >= 0.3 is 0 Å². The molecule has 0 aliphatic carbocycles. The van der Waals surface area contributed by atoms with Gasteiger partial charge in [-0.3, -0.25) is 9.59 Å². The molecule has 0 bridgehead atoms. The molecule has 0 radical (unpaired) electrons. The molecule has 0 heterocycles. The first-order valence-corrected chi connectivity index (χ1v) is 10.1. The van der Waals surface area contributed by atoms with Gasteiger partial charge in [0.2, 0.25) is 11.8 Å². The van der Waals surface area contributed by atoms with Crippen LogP contribution in [-0.4, -0.2) is 35.9 Å². The smallest absolute Gasteiger partial charge is 0.242 e. The standard InChI is InChI=1S/C22H26Cl2N2O3/c1-14(2)25-22(28)15(3)26(13-16-7-5-8-17(11-16)29-4)21(27)12-18-19(23)9-6-10-20(18)24/h5-11,14-15H,12-13H2,1-4H3,(H,25,28)/t15-/m1/s1. The van der Waals surface area contributed by atoms with Crippen LogP contribution in [0.15, 0.2) is 42.5 Å². The third-order valence-electron chi connectivity index (χ3n) is 4.47. The molecule has 0 aromatic heterocycles. The Hall–Kier alpha value is -2.24. The summed E-state index contributed by atoms with van der Waals surface area (Å²) in [5.74, 6) is 0.221. The first-order chi connectivity index (χ1) is 13.7. The van der Waals surface area contributed by atoms with Gasteiger partial charge in [-0.15, -0.1) is 0 Å². The average Bonchev–Trinajstić information content (AvgIpc) is 2.68. The topological polar surface area (TPSA) is 58.6 Å². The van der Waals surface area contributed by atoms with Crippen molar-refractivity contribution in [1.82, 2.24) is 10.2 Å². The predicted molar refractivity (Wildman–Crippen MR) is 116 cm³/mol. The summed E-state index contributed by atoms with van der Waals surface area (Å²) in [5, 5.41) is 3.71. The summed E-state index contributed by atoms with van der Waals surface area (Å²) < 4.78 is 5.27. The highest BCUT2D eigenvalue weighted by Crippen LogP contribution is 2.26. The lowest BCUT2D eigenvalue weighted by Gasteiger charge is -2.29. The van der Waals surface area contributed by atoms with E-state index >= 15 is 0 Å². The Kier molecular flexibility index (Phi) is 8.35. The Morgan fingerprint density at radius 2 is 1.69 bits per heavy atom. The van der Waals surface area contributed by atoms with Crippen molar-refractivity contribution < 1.29 is 14.3 Å². The zero-order valence-electron chi connectivity index (χ0n) is 17.0. The van der Waals surface area contributed by atoms with Crippen molar-refractivity contribution in [3.05, 3.63) is 63.6 Å². The molecule has 0 fully saturated rings. The molecule has 0 aliphatic heterocycles. The number of amides is 2. The fourth-order valence-electron chi connectivity index (χ4n) is 2.91. The third-order valence-corrected chi connectivity index (χ3v) is 5.18. The number of rotatable bonds is 8. The summed E-state index contributed by atoms with van der Waals surface area (Å²) in [7, 11) is 1.58. The van der Waals surface area contributed by atoms with Gasteiger partial charge in [0.1, 0.15) is 11.8 Å². The number of carbonyl (C=O) groups is 2. The molecule has 1 atom stereocenters. The molecule has 156 valence electrons.